The van der Waals surface area contributed by atoms with E-state index in [1.807, 2.05) is 29.2 Å². The number of ether oxygens (including phenoxy) is 1. The van der Waals surface area contributed by atoms with Gasteiger partial charge in [0.2, 0.25) is 11.8 Å². The lowest BCUT2D eigenvalue weighted by Crippen LogP contribution is -2.47. The normalized spacial score (nSPS) is 18.9. The molecule has 0 bridgehead atoms. The number of halogens is 1. The zero-order valence-corrected chi connectivity index (χ0v) is 17.8. The molecule has 2 atom stereocenters. The molecule has 2 aromatic carbocycles. The molecule has 0 aromatic heterocycles. The van der Waals surface area contributed by atoms with Crippen LogP contribution in [-0.4, -0.2) is 30.4 Å². The van der Waals surface area contributed by atoms with E-state index in [-0.39, 0.29) is 17.6 Å². The quantitative estimate of drug-likeness (QED) is 0.706. The van der Waals surface area contributed by atoms with E-state index in [0.29, 0.717) is 36.4 Å². The standard InChI is InChI=1S/C24H29FN2O3/c1-4-5-14-27-22(28)13-11-19(23(27)18-8-6-7-9-21(18)30-3)24(29)26-20-12-10-17(25)15-16(20)2/h6-10,12,15,19,23H,4-5,11,13-14H2,1-3H3,(H,26,29)/t19-,23-/m1/s1. The minimum absolute atomic E-state index is 0.0568. The van der Waals surface area contributed by atoms with Crippen molar-refractivity contribution in [1.29, 1.82) is 0 Å². The maximum Gasteiger partial charge on any atom is 0.229 e. The Morgan fingerprint density at radius 2 is 2.03 bits per heavy atom. The molecular formula is C24H29FN2O3. The number of rotatable bonds is 7. The summed E-state index contributed by atoms with van der Waals surface area (Å²) in [6.07, 6.45) is 2.60. The fraction of sp³-hybridized carbons (Fsp3) is 0.417. The molecule has 0 unspecified atom stereocenters. The van der Waals surface area contributed by atoms with Crippen LogP contribution in [0.25, 0.3) is 0 Å². The van der Waals surface area contributed by atoms with Crippen molar-refractivity contribution in [2.24, 2.45) is 5.92 Å². The number of piperidine rings is 1. The maximum absolute atomic E-state index is 13.4. The zero-order chi connectivity index (χ0) is 21.7. The summed E-state index contributed by atoms with van der Waals surface area (Å²) in [4.78, 5) is 28.0. The Kier molecular flexibility index (Phi) is 7.08. The summed E-state index contributed by atoms with van der Waals surface area (Å²) in [5, 5.41) is 2.95. The van der Waals surface area contributed by atoms with Crippen molar-refractivity contribution in [1.82, 2.24) is 4.90 Å². The average Bonchev–Trinajstić information content (AvgIpc) is 2.74. The largest absolute Gasteiger partial charge is 0.496 e. The highest BCUT2D eigenvalue weighted by molar-refractivity contribution is 5.95. The molecule has 1 saturated heterocycles. The minimum atomic E-state index is -0.430. The van der Waals surface area contributed by atoms with Gasteiger partial charge in [-0.25, -0.2) is 4.39 Å². The summed E-state index contributed by atoms with van der Waals surface area (Å²) in [5.74, 6) is -0.225. The number of nitrogens with one attached hydrogen (secondary N) is 1. The first-order chi connectivity index (χ1) is 14.5. The monoisotopic (exact) mass is 412 g/mol. The van der Waals surface area contributed by atoms with E-state index < -0.39 is 12.0 Å². The predicted octanol–water partition coefficient (Wildman–Crippen LogP) is 4.86. The number of para-hydroxylation sites is 1. The van der Waals surface area contributed by atoms with E-state index >= 15 is 0 Å². The number of amides is 2. The van der Waals surface area contributed by atoms with Crippen LogP contribution in [0.2, 0.25) is 0 Å². The van der Waals surface area contributed by atoms with E-state index in [1.54, 1.807) is 20.1 Å². The van der Waals surface area contributed by atoms with Gasteiger partial charge in [-0.3, -0.25) is 9.59 Å². The van der Waals surface area contributed by atoms with Gasteiger partial charge in [-0.1, -0.05) is 31.5 Å². The second-order valence-corrected chi connectivity index (χ2v) is 7.72. The van der Waals surface area contributed by atoms with Crippen molar-refractivity contribution in [2.45, 2.75) is 45.6 Å². The van der Waals surface area contributed by atoms with Crippen LogP contribution < -0.4 is 10.1 Å². The number of benzene rings is 2. The molecule has 30 heavy (non-hydrogen) atoms. The van der Waals surface area contributed by atoms with Crippen molar-refractivity contribution in [2.75, 3.05) is 19.0 Å². The summed E-state index contributed by atoms with van der Waals surface area (Å²) in [5.41, 5.74) is 2.07. The summed E-state index contributed by atoms with van der Waals surface area (Å²) >= 11 is 0. The van der Waals surface area contributed by atoms with E-state index in [0.717, 1.165) is 18.4 Å². The second-order valence-electron chi connectivity index (χ2n) is 7.72. The SMILES string of the molecule is CCCCN1C(=O)CC[C@@H](C(=O)Nc2ccc(F)cc2C)[C@H]1c1ccccc1OC. The zero-order valence-electron chi connectivity index (χ0n) is 17.8. The summed E-state index contributed by atoms with van der Waals surface area (Å²) < 4.78 is 19.0. The predicted molar refractivity (Wildman–Crippen MR) is 115 cm³/mol. The van der Waals surface area contributed by atoms with Crippen LogP contribution >= 0.6 is 0 Å². The highest BCUT2D eigenvalue weighted by atomic mass is 19.1. The van der Waals surface area contributed by atoms with Crippen LogP contribution in [0.3, 0.4) is 0 Å². The number of anilines is 1. The maximum atomic E-state index is 13.4. The molecule has 0 spiro atoms. The Labute approximate surface area is 177 Å². The summed E-state index contributed by atoms with van der Waals surface area (Å²) in [7, 11) is 1.59. The second kappa shape index (κ2) is 9.74. The van der Waals surface area contributed by atoms with Gasteiger partial charge in [-0.15, -0.1) is 0 Å². The molecule has 1 N–H and O–H groups in total. The molecule has 3 rings (SSSR count). The number of nitrogens with zero attached hydrogens (tertiary/aromatic N) is 1. The van der Waals surface area contributed by atoms with E-state index in [4.69, 9.17) is 4.74 Å². The Balaban J connectivity index is 1.97. The number of methoxy groups -OCH3 is 1. The van der Waals surface area contributed by atoms with Crippen LogP contribution in [0, 0.1) is 18.7 Å². The highest BCUT2D eigenvalue weighted by Gasteiger charge is 2.41. The van der Waals surface area contributed by atoms with Crippen molar-refractivity contribution in [3.63, 3.8) is 0 Å². The molecule has 1 fully saturated rings. The molecular weight excluding hydrogens is 383 g/mol. The van der Waals surface area contributed by atoms with Crippen molar-refractivity contribution in [3.05, 3.63) is 59.4 Å². The molecule has 6 heteroatoms. The number of unbranched alkanes of at least 4 members (excludes halogenated alkanes) is 1. The van der Waals surface area contributed by atoms with Crippen LogP contribution in [0.1, 0.15) is 49.8 Å². The third kappa shape index (κ3) is 4.64. The highest BCUT2D eigenvalue weighted by Crippen LogP contribution is 2.41. The minimum Gasteiger partial charge on any atom is -0.496 e. The summed E-state index contributed by atoms with van der Waals surface area (Å²) in [6, 6.07) is 11.4. The Bertz CT molecular complexity index is 915. The fourth-order valence-corrected chi connectivity index (χ4v) is 4.11. The number of hydrogen-bond donors (Lipinski definition) is 1. The molecule has 1 aliphatic rings. The van der Waals surface area contributed by atoms with E-state index in [2.05, 4.69) is 12.2 Å². The van der Waals surface area contributed by atoms with Crippen LogP contribution in [0.5, 0.6) is 5.75 Å². The Hall–Kier alpha value is -2.89. The fourth-order valence-electron chi connectivity index (χ4n) is 4.11. The van der Waals surface area contributed by atoms with Crippen LogP contribution in [0.15, 0.2) is 42.5 Å². The Morgan fingerprint density at radius 1 is 1.27 bits per heavy atom. The van der Waals surface area contributed by atoms with Gasteiger partial charge in [0.05, 0.1) is 19.1 Å². The molecule has 0 saturated carbocycles. The van der Waals surface area contributed by atoms with Crippen LogP contribution in [0.4, 0.5) is 10.1 Å². The molecule has 0 aliphatic carbocycles. The molecule has 1 aliphatic heterocycles. The van der Waals surface area contributed by atoms with E-state index in [9.17, 15) is 14.0 Å². The van der Waals surface area contributed by atoms with Gasteiger partial charge in [0.25, 0.3) is 0 Å². The van der Waals surface area contributed by atoms with Crippen molar-refractivity contribution in [3.8, 4) is 5.75 Å². The third-order valence-electron chi connectivity index (χ3n) is 5.70. The Morgan fingerprint density at radius 3 is 2.73 bits per heavy atom. The molecule has 5 nitrogen and oxygen atoms in total. The van der Waals surface area contributed by atoms with Crippen molar-refractivity contribution < 1.29 is 18.7 Å². The van der Waals surface area contributed by atoms with Gasteiger partial charge in [0, 0.05) is 24.2 Å². The lowest BCUT2D eigenvalue weighted by molar-refractivity contribution is -0.142. The van der Waals surface area contributed by atoms with Gasteiger partial charge in [-0.05, 0) is 49.6 Å². The summed E-state index contributed by atoms with van der Waals surface area (Å²) in [6.45, 7) is 4.43. The molecule has 2 amide bonds. The van der Waals surface area contributed by atoms with Gasteiger partial charge in [0.1, 0.15) is 11.6 Å². The lowest BCUT2D eigenvalue weighted by Gasteiger charge is -2.41. The first kappa shape index (κ1) is 21.8. The topological polar surface area (TPSA) is 58.6 Å². The number of carbonyl (C=O) groups is 2. The van der Waals surface area contributed by atoms with Gasteiger partial charge >= 0.3 is 0 Å². The number of carbonyl (C=O) groups excluding carboxylic acids is 2. The first-order valence-electron chi connectivity index (χ1n) is 10.5. The smallest absolute Gasteiger partial charge is 0.229 e. The molecule has 1 heterocycles. The molecule has 160 valence electrons. The van der Waals surface area contributed by atoms with Gasteiger partial charge in [0.15, 0.2) is 0 Å². The first-order valence-corrected chi connectivity index (χ1v) is 10.5. The number of hydrogen-bond acceptors (Lipinski definition) is 3. The van der Waals surface area contributed by atoms with E-state index in [1.165, 1.54) is 12.1 Å². The average molecular weight is 413 g/mol. The van der Waals surface area contributed by atoms with Gasteiger partial charge < -0.3 is 15.0 Å². The van der Waals surface area contributed by atoms with Gasteiger partial charge in [-0.2, -0.15) is 0 Å². The molecule has 2 aromatic rings. The van der Waals surface area contributed by atoms with Crippen molar-refractivity contribution >= 4 is 17.5 Å². The number of likely N-dealkylation sites (tertiary alicyclic amines) is 1. The lowest BCUT2D eigenvalue weighted by atomic mass is 9.83. The van der Waals surface area contributed by atoms with Crippen LogP contribution in [-0.2, 0) is 9.59 Å². The molecule has 0 radical (unpaired) electrons. The third-order valence-corrected chi connectivity index (χ3v) is 5.70. The number of aryl methyl sites for hydroxylation is 1.